The second-order valence-corrected chi connectivity index (χ2v) is 15.8. The van der Waals surface area contributed by atoms with E-state index < -0.39 is 0 Å². The van der Waals surface area contributed by atoms with Gasteiger partial charge in [0, 0.05) is 38.7 Å². The molecule has 1 unspecified atom stereocenters. The molecule has 0 aliphatic carbocycles. The number of likely N-dealkylation sites (N-methyl/N-ethyl adjacent to an activating group) is 1. The van der Waals surface area contributed by atoms with Gasteiger partial charge < -0.3 is 65.8 Å². The maximum atomic E-state index is 12.1. The number of amides is 2. The summed E-state index contributed by atoms with van der Waals surface area (Å²) >= 11 is 4.02. The number of aldehydes is 2. The summed E-state index contributed by atoms with van der Waals surface area (Å²) in [5, 5.41) is 29.0. The molecule has 0 aliphatic heterocycles. The molecule has 0 rings (SSSR count). The lowest BCUT2D eigenvalue weighted by atomic mass is 10.0. The minimum Gasteiger partial charge on any atom is -0.511 e. The van der Waals surface area contributed by atoms with Crippen LogP contribution in [-0.4, -0.2) is 141 Å². The molecule has 69 heavy (non-hydrogen) atoms. The molecule has 0 aliphatic rings. The van der Waals surface area contributed by atoms with Crippen LogP contribution in [0.2, 0.25) is 0 Å². The summed E-state index contributed by atoms with van der Waals surface area (Å²) in [6.07, 6.45) is 24.6. The Balaban J connectivity index is -0.000000156. The van der Waals surface area contributed by atoms with E-state index in [0.717, 1.165) is 69.4 Å². The molecular weight excluding hydrogens is 899 g/mol. The predicted octanol–water partition coefficient (Wildman–Crippen LogP) is 9.47. The summed E-state index contributed by atoms with van der Waals surface area (Å²) in [5.74, 6) is 1.69. The van der Waals surface area contributed by atoms with Crippen LogP contribution in [0.25, 0.3) is 0 Å². The number of nitrogens with two attached hydrogens (primary N) is 1. The highest BCUT2D eigenvalue weighted by Gasteiger charge is 2.14. The lowest BCUT2D eigenvalue weighted by molar-refractivity contribution is -0.121. The molecule has 0 fully saturated rings. The first-order chi connectivity index (χ1) is 33.4. The number of primary amides is 1. The zero-order valence-corrected chi connectivity index (χ0v) is 47.1. The number of carbonyl (C=O) groups excluding carboxylic acids is 4. The van der Waals surface area contributed by atoms with Crippen molar-refractivity contribution in [1.82, 2.24) is 21.3 Å². The Hall–Kier alpha value is -2.83. The SMILES string of the molecule is C=CCOCCOCCNC(=O)CCC(NC(=C)CCCCCCCCCCCCCCC=O)C(=C)O.CC.CC(C)CS.CCC.CCCCNC.CNCCOCCOCC=O.CO.NC=O. The number of carbonyl (C=O) groups is 4. The van der Waals surface area contributed by atoms with Gasteiger partial charge in [-0.1, -0.05) is 145 Å². The number of aliphatic hydroxyl groups is 2. The quantitative estimate of drug-likeness (QED) is 0.00942. The smallest absolute Gasteiger partial charge is 0.220 e. The molecule has 0 aromatic carbocycles. The van der Waals surface area contributed by atoms with E-state index in [-0.39, 0.29) is 37.1 Å². The van der Waals surface area contributed by atoms with Crippen molar-refractivity contribution in [1.29, 1.82) is 0 Å². The number of unbranched alkanes of at least 4 members (excludes halogenated alkanes) is 13. The van der Waals surface area contributed by atoms with Gasteiger partial charge in [0.15, 0.2) is 0 Å². The van der Waals surface area contributed by atoms with Gasteiger partial charge in [-0.25, -0.2) is 0 Å². The van der Waals surface area contributed by atoms with Crippen molar-refractivity contribution in [2.45, 2.75) is 177 Å². The van der Waals surface area contributed by atoms with Crippen LogP contribution in [0, 0.1) is 5.92 Å². The molecule has 1 atom stereocenters. The Labute approximate surface area is 430 Å². The van der Waals surface area contributed by atoms with Crippen LogP contribution in [0.4, 0.5) is 0 Å². The number of nitrogens with one attached hydrogen (secondary N) is 4. The van der Waals surface area contributed by atoms with Gasteiger partial charge in [-0.15, -0.1) is 6.58 Å². The van der Waals surface area contributed by atoms with E-state index in [1.807, 2.05) is 27.9 Å². The monoisotopic (exact) mass is 1010 g/mol. The van der Waals surface area contributed by atoms with Crippen molar-refractivity contribution in [2.24, 2.45) is 11.7 Å². The zero-order valence-electron chi connectivity index (χ0n) is 46.2. The van der Waals surface area contributed by atoms with Gasteiger partial charge in [0.05, 0.1) is 52.3 Å². The largest absolute Gasteiger partial charge is 0.511 e. The van der Waals surface area contributed by atoms with Gasteiger partial charge in [0.2, 0.25) is 12.3 Å². The summed E-state index contributed by atoms with van der Waals surface area (Å²) in [6, 6.07) is -0.374. The average Bonchev–Trinajstić information content (AvgIpc) is 3.35. The van der Waals surface area contributed by atoms with Crippen molar-refractivity contribution in [2.75, 3.05) is 99.4 Å². The Morgan fingerprint density at radius 2 is 1.09 bits per heavy atom. The van der Waals surface area contributed by atoms with Crippen molar-refractivity contribution in [3.63, 3.8) is 0 Å². The summed E-state index contributed by atoms with van der Waals surface area (Å²) in [6.45, 7) is 32.3. The van der Waals surface area contributed by atoms with E-state index in [1.54, 1.807) is 6.08 Å². The lowest BCUT2D eigenvalue weighted by Crippen LogP contribution is -2.33. The first-order valence-electron chi connectivity index (χ1n) is 25.8. The van der Waals surface area contributed by atoms with Crippen LogP contribution < -0.4 is 27.0 Å². The maximum absolute atomic E-state index is 12.1. The minimum atomic E-state index is -0.374. The summed E-state index contributed by atoms with van der Waals surface area (Å²) < 4.78 is 20.6. The Kier molecular flexibility index (Phi) is 106. The highest BCUT2D eigenvalue weighted by molar-refractivity contribution is 7.80. The van der Waals surface area contributed by atoms with Crippen LogP contribution in [0.15, 0.2) is 37.3 Å². The van der Waals surface area contributed by atoms with Gasteiger partial charge in [0.25, 0.3) is 0 Å². The molecule has 0 saturated heterocycles. The van der Waals surface area contributed by atoms with Crippen LogP contribution in [-0.2, 0) is 38.1 Å². The normalized spacial score (nSPS) is 9.87. The number of rotatable bonds is 41. The van der Waals surface area contributed by atoms with Crippen molar-refractivity contribution >= 4 is 37.5 Å². The second kappa shape index (κ2) is 88.2. The van der Waals surface area contributed by atoms with E-state index in [0.29, 0.717) is 65.6 Å². The van der Waals surface area contributed by atoms with E-state index in [2.05, 4.69) is 94.0 Å². The predicted molar refractivity (Wildman–Crippen MR) is 297 cm³/mol. The first kappa shape index (κ1) is 83.1. The third-order valence-corrected chi connectivity index (χ3v) is 9.10. The van der Waals surface area contributed by atoms with Crippen molar-refractivity contribution in [3.05, 3.63) is 37.3 Å². The summed E-state index contributed by atoms with van der Waals surface area (Å²) in [4.78, 5) is 40.7. The standard InChI is InChI=1S/C30H54N2O5.C7H15NO3.C5H13N.C4H10S.C3H8.C2H6.CH3NO.CH4O/c1-4-23-36-25-26-37-24-21-31-30(35)20-19-29(28(3)34)32-27(2)18-16-14-12-10-8-6-5-7-9-11-13-15-17-22-33;1-8-2-4-10-6-7-11-5-3-9;1-3-4-5-6-2;1-4(2)3-5;1-3-2;1-2;2-1-3;1-2/h4,22,29,32,34H,1-3,5-21,23-26H2,(H,31,35);3,8H,2,4-7H2,1H3;6H,3-5H2,1-2H3;4-5H,3H2,1-2H3;3H2,1-2H3;1-2H3;1H,(H2,2,3);2H,1H3. The fraction of sp³-hybridized carbons (Fsp3) is 0.811. The van der Waals surface area contributed by atoms with Crippen LogP contribution >= 0.6 is 12.6 Å². The molecule has 2 amide bonds. The maximum Gasteiger partial charge on any atom is 0.220 e. The average molecular weight is 1010 g/mol. The number of ether oxygens (including phenoxy) is 4. The number of thiol groups is 1. The fourth-order valence-electron chi connectivity index (χ4n) is 4.87. The first-order valence-corrected chi connectivity index (χ1v) is 26.5. The fourth-order valence-corrected chi connectivity index (χ4v) is 4.87. The molecule has 16 heteroatoms. The molecule has 416 valence electrons. The Morgan fingerprint density at radius 1 is 0.667 bits per heavy atom. The van der Waals surface area contributed by atoms with Gasteiger partial charge in [-0.2, -0.15) is 12.6 Å². The molecule has 0 radical (unpaired) electrons. The van der Waals surface area contributed by atoms with Crippen molar-refractivity contribution < 1.29 is 48.3 Å². The molecule has 0 saturated carbocycles. The molecule has 0 bridgehead atoms. The van der Waals surface area contributed by atoms with E-state index in [9.17, 15) is 19.5 Å². The number of aliphatic hydroxyl groups excluding tert-OH is 2. The zero-order chi connectivity index (χ0) is 54.3. The lowest BCUT2D eigenvalue weighted by Gasteiger charge is -2.20. The van der Waals surface area contributed by atoms with Gasteiger partial charge >= 0.3 is 0 Å². The highest BCUT2D eigenvalue weighted by Crippen LogP contribution is 2.15. The molecule has 8 N–H and O–H groups in total. The summed E-state index contributed by atoms with van der Waals surface area (Å²) in [5.41, 5.74) is 5.04. The third-order valence-electron chi connectivity index (χ3n) is 8.37. The van der Waals surface area contributed by atoms with E-state index >= 15 is 0 Å². The number of allylic oxidation sites excluding steroid dienone is 1. The molecule has 0 aromatic rings. The molecule has 0 spiro atoms. The van der Waals surface area contributed by atoms with E-state index in [1.165, 1.54) is 83.5 Å². The Bertz CT molecular complexity index is 981. The number of hydrogen-bond donors (Lipinski definition) is 8. The van der Waals surface area contributed by atoms with Crippen LogP contribution in [0.5, 0.6) is 0 Å². The van der Waals surface area contributed by atoms with Crippen molar-refractivity contribution in [3.8, 4) is 0 Å². The topological polar surface area (TPSA) is 220 Å². The molecule has 0 aromatic heterocycles. The number of hydrogen-bond acceptors (Lipinski definition) is 14. The van der Waals surface area contributed by atoms with Gasteiger partial charge in [0.1, 0.15) is 24.9 Å². The van der Waals surface area contributed by atoms with Gasteiger partial charge in [-0.05, 0) is 64.4 Å². The molecule has 0 heterocycles. The summed E-state index contributed by atoms with van der Waals surface area (Å²) in [7, 11) is 4.85. The van der Waals surface area contributed by atoms with Crippen LogP contribution in [0.1, 0.15) is 170 Å². The second-order valence-electron chi connectivity index (χ2n) is 15.4. The Morgan fingerprint density at radius 3 is 1.46 bits per heavy atom. The van der Waals surface area contributed by atoms with Crippen LogP contribution in [0.3, 0.4) is 0 Å². The van der Waals surface area contributed by atoms with E-state index in [4.69, 9.17) is 28.8 Å². The van der Waals surface area contributed by atoms with Gasteiger partial charge in [-0.3, -0.25) is 9.59 Å². The molecule has 15 nitrogen and oxygen atoms in total. The molecular formula is C53H113N5O10S. The minimum absolute atomic E-state index is 0.0257. The highest BCUT2D eigenvalue weighted by atomic mass is 32.1. The third kappa shape index (κ3) is 108.